The van der Waals surface area contributed by atoms with E-state index >= 15 is 0 Å². The number of anilines is 1. The molecule has 3 nitrogen and oxygen atoms in total. The highest BCUT2D eigenvalue weighted by atomic mass is 79.9. The van der Waals surface area contributed by atoms with Gasteiger partial charge in [0, 0.05) is 11.8 Å². The molecule has 1 heterocycles. The summed E-state index contributed by atoms with van der Waals surface area (Å²) in [4.78, 5) is 15.9. The van der Waals surface area contributed by atoms with E-state index in [4.69, 9.17) is 5.73 Å². The van der Waals surface area contributed by atoms with Crippen LogP contribution >= 0.6 is 15.9 Å². The first-order valence-corrected chi connectivity index (χ1v) is 7.02. The molecular formula is C15H15BrN2O. The average Bonchev–Trinajstić information content (AvgIpc) is 2.45. The molecule has 0 spiro atoms. The Labute approximate surface area is 121 Å². The largest absolute Gasteiger partial charge is 0.384 e. The van der Waals surface area contributed by atoms with Crippen molar-refractivity contribution < 1.29 is 4.79 Å². The minimum atomic E-state index is -0.398. The van der Waals surface area contributed by atoms with Gasteiger partial charge < -0.3 is 5.73 Å². The van der Waals surface area contributed by atoms with Crippen LogP contribution in [0.4, 0.5) is 5.82 Å². The molecular weight excluding hydrogens is 304 g/mol. The van der Waals surface area contributed by atoms with Gasteiger partial charge in [-0.15, -0.1) is 0 Å². The number of carbonyl (C=O) groups is 1. The van der Waals surface area contributed by atoms with Crippen LogP contribution in [-0.4, -0.2) is 10.8 Å². The number of nitrogen functional groups attached to an aromatic ring is 1. The van der Waals surface area contributed by atoms with Crippen LogP contribution in [0.1, 0.15) is 33.2 Å². The second-order valence-electron chi connectivity index (χ2n) is 4.29. The summed E-state index contributed by atoms with van der Waals surface area (Å²) in [5, 5.41) is 0. The van der Waals surface area contributed by atoms with E-state index in [-0.39, 0.29) is 5.78 Å². The normalized spacial score (nSPS) is 12.1. The summed E-state index contributed by atoms with van der Waals surface area (Å²) in [5.41, 5.74) is 8.31. The molecule has 98 valence electrons. The Morgan fingerprint density at radius 3 is 2.84 bits per heavy atom. The maximum absolute atomic E-state index is 12.4. The molecule has 1 aromatic carbocycles. The molecule has 0 radical (unpaired) electrons. The van der Waals surface area contributed by atoms with Gasteiger partial charge in [-0.05, 0) is 35.7 Å². The number of hydrogen-bond donors (Lipinski definition) is 1. The third kappa shape index (κ3) is 3.20. The number of hydrogen-bond acceptors (Lipinski definition) is 3. The van der Waals surface area contributed by atoms with Crippen LogP contribution in [-0.2, 0) is 6.42 Å². The van der Waals surface area contributed by atoms with E-state index in [9.17, 15) is 4.79 Å². The quantitative estimate of drug-likeness (QED) is 0.693. The zero-order valence-corrected chi connectivity index (χ0v) is 12.2. The molecule has 1 aromatic heterocycles. The SMILES string of the molecule is CCc1cccc(C(=O)[C@@H](Br)c2ccnc(N)c2)c1. The Morgan fingerprint density at radius 2 is 2.16 bits per heavy atom. The molecule has 0 aliphatic heterocycles. The van der Waals surface area contributed by atoms with Crippen molar-refractivity contribution in [2.75, 3.05) is 5.73 Å². The van der Waals surface area contributed by atoms with Gasteiger partial charge in [0.1, 0.15) is 10.6 Å². The summed E-state index contributed by atoms with van der Waals surface area (Å²) in [7, 11) is 0. The van der Waals surface area contributed by atoms with Gasteiger partial charge in [-0.3, -0.25) is 4.79 Å². The summed E-state index contributed by atoms with van der Waals surface area (Å²) in [6.45, 7) is 2.07. The minimum Gasteiger partial charge on any atom is -0.384 e. The van der Waals surface area contributed by atoms with Crippen LogP contribution in [0.2, 0.25) is 0 Å². The number of carbonyl (C=O) groups excluding carboxylic acids is 1. The highest BCUT2D eigenvalue weighted by Gasteiger charge is 2.19. The van der Waals surface area contributed by atoms with Crippen molar-refractivity contribution in [3.63, 3.8) is 0 Å². The van der Waals surface area contributed by atoms with Crippen molar-refractivity contribution in [2.45, 2.75) is 18.2 Å². The fraction of sp³-hybridized carbons (Fsp3) is 0.200. The van der Waals surface area contributed by atoms with Crippen LogP contribution in [0.5, 0.6) is 0 Å². The van der Waals surface area contributed by atoms with Crippen LogP contribution in [0, 0.1) is 0 Å². The van der Waals surface area contributed by atoms with E-state index in [2.05, 4.69) is 27.8 Å². The van der Waals surface area contributed by atoms with Crippen LogP contribution in [0.25, 0.3) is 0 Å². The topological polar surface area (TPSA) is 56.0 Å². The van der Waals surface area contributed by atoms with Gasteiger partial charge >= 0.3 is 0 Å². The summed E-state index contributed by atoms with van der Waals surface area (Å²) in [5.74, 6) is 0.443. The highest BCUT2D eigenvalue weighted by molar-refractivity contribution is 9.09. The summed E-state index contributed by atoms with van der Waals surface area (Å²) in [6, 6.07) is 11.2. The van der Waals surface area contributed by atoms with E-state index < -0.39 is 4.83 Å². The molecule has 19 heavy (non-hydrogen) atoms. The first-order valence-electron chi connectivity index (χ1n) is 6.10. The molecule has 2 N–H and O–H groups in total. The molecule has 0 bridgehead atoms. The molecule has 0 fully saturated rings. The number of pyridine rings is 1. The van der Waals surface area contributed by atoms with Gasteiger partial charge in [-0.25, -0.2) is 4.98 Å². The maximum Gasteiger partial charge on any atom is 0.180 e. The van der Waals surface area contributed by atoms with Crippen molar-refractivity contribution >= 4 is 27.5 Å². The second-order valence-corrected chi connectivity index (χ2v) is 5.21. The van der Waals surface area contributed by atoms with Crippen molar-refractivity contribution in [1.82, 2.24) is 4.98 Å². The number of halogens is 1. The Balaban J connectivity index is 2.28. The van der Waals surface area contributed by atoms with E-state index in [1.54, 1.807) is 18.3 Å². The Hall–Kier alpha value is -1.68. The third-order valence-electron chi connectivity index (χ3n) is 2.95. The molecule has 1 atom stereocenters. The van der Waals surface area contributed by atoms with Crippen LogP contribution in [0.15, 0.2) is 42.6 Å². The first kappa shape index (κ1) is 13.7. The summed E-state index contributed by atoms with van der Waals surface area (Å²) < 4.78 is 0. The lowest BCUT2D eigenvalue weighted by atomic mass is 10.0. The molecule has 0 saturated heterocycles. The zero-order chi connectivity index (χ0) is 13.8. The molecule has 0 aliphatic rings. The Morgan fingerprint density at radius 1 is 1.37 bits per heavy atom. The number of nitrogens with two attached hydrogens (primary N) is 1. The van der Waals surface area contributed by atoms with Gasteiger partial charge in [0.2, 0.25) is 0 Å². The lowest BCUT2D eigenvalue weighted by Gasteiger charge is -2.10. The first-order chi connectivity index (χ1) is 9.11. The fourth-order valence-corrected chi connectivity index (χ4v) is 2.41. The average molecular weight is 319 g/mol. The Bertz CT molecular complexity index is 598. The van der Waals surface area contributed by atoms with Gasteiger partial charge in [-0.1, -0.05) is 41.1 Å². The standard InChI is InChI=1S/C15H15BrN2O/c1-2-10-4-3-5-12(8-10)15(19)14(16)11-6-7-18-13(17)9-11/h3-9,14H,2H2,1H3,(H2,17,18)/t14-/m0/s1. The van der Waals surface area contributed by atoms with Gasteiger partial charge in [0.05, 0.1) is 0 Å². The fourth-order valence-electron chi connectivity index (χ4n) is 1.87. The van der Waals surface area contributed by atoms with Crippen molar-refractivity contribution in [3.8, 4) is 0 Å². The number of aryl methyl sites for hydroxylation is 1. The number of Topliss-reactive ketones (excluding diaryl/α,β-unsaturated/α-hetero) is 1. The maximum atomic E-state index is 12.4. The number of rotatable bonds is 4. The lowest BCUT2D eigenvalue weighted by molar-refractivity contribution is 0.0991. The summed E-state index contributed by atoms with van der Waals surface area (Å²) >= 11 is 3.44. The number of aromatic nitrogens is 1. The highest BCUT2D eigenvalue weighted by Crippen LogP contribution is 2.27. The molecule has 2 aromatic rings. The van der Waals surface area contributed by atoms with E-state index in [1.807, 2.05) is 24.3 Å². The predicted octanol–water partition coefficient (Wildman–Crippen LogP) is 3.55. The summed E-state index contributed by atoms with van der Waals surface area (Å²) in [6.07, 6.45) is 2.52. The lowest BCUT2D eigenvalue weighted by Crippen LogP contribution is -2.08. The molecule has 2 rings (SSSR count). The predicted molar refractivity (Wildman–Crippen MR) is 80.5 cm³/mol. The zero-order valence-electron chi connectivity index (χ0n) is 10.6. The molecule has 0 unspecified atom stereocenters. The number of nitrogens with zero attached hydrogens (tertiary/aromatic N) is 1. The molecule has 0 saturated carbocycles. The van der Waals surface area contributed by atoms with Crippen molar-refractivity contribution in [2.24, 2.45) is 0 Å². The number of ketones is 1. The van der Waals surface area contributed by atoms with Crippen LogP contribution in [0.3, 0.4) is 0 Å². The monoisotopic (exact) mass is 318 g/mol. The number of benzene rings is 1. The van der Waals surface area contributed by atoms with E-state index in [0.29, 0.717) is 11.4 Å². The molecule has 4 heteroatoms. The Kier molecular flexibility index (Phi) is 4.32. The van der Waals surface area contributed by atoms with Crippen molar-refractivity contribution in [3.05, 3.63) is 59.3 Å². The van der Waals surface area contributed by atoms with Gasteiger partial charge in [-0.2, -0.15) is 0 Å². The minimum absolute atomic E-state index is 0.0286. The third-order valence-corrected chi connectivity index (χ3v) is 3.89. The molecule has 0 amide bonds. The molecule has 0 aliphatic carbocycles. The van der Waals surface area contributed by atoms with Gasteiger partial charge in [0.25, 0.3) is 0 Å². The van der Waals surface area contributed by atoms with Gasteiger partial charge in [0.15, 0.2) is 5.78 Å². The van der Waals surface area contributed by atoms with Crippen molar-refractivity contribution in [1.29, 1.82) is 0 Å². The second kappa shape index (κ2) is 5.97. The number of alkyl halides is 1. The van der Waals surface area contributed by atoms with E-state index in [0.717, 1.165) is 17.5 Å². The van der Waals surface area contributed by atoms with Crippen LogP contribution < -0.4 is 5.73 Å². The van der Waals surface area contributed by atoms with E-state index in [1.165, 1.54) is 0 Å². The smallest absolute Gasteiger partial charge is 0.180 e.